The maximum absolute atomic E-state index is 9.22. The van der Waals surface area contributed by atoms with Gasteiger partial charge in [0.2, 0.25) is 0 Å². The molecular weight excluding hydrogens is 231 g/mol. The van der Waals surface area contributed by atoms with Crippen molar-refractivity contribution in [3.05, 3.63) is 0 Å². The standard InChI is InChI=1S/C6H12O5Se/c7-1-2-3(8)4(9)5(10)6(12)11-2/h2-10,12H,1H2/t2-,3+,4+,5-,6+/m1/s1. The molecule has 1 saturated heterocycles. The van der Waals surface area contributed by atoms with Gasteiger partial charge in [0.05, 0.1) is 0 Å². The number of aliphatic hydroxyl groups excluding tert-OH is 4. The molecule has 5 nitrogen and oxygen atoms in total. The molecule has 0 aliphatic carbocycles. The summed E-state index contributed by atoms with van der Waals surface area (Å²) >= 11 is 2.03. The zero-order chi connectivity index (χ0) is 9.30. The van der Waals surface area contributed by atoms with Crippen LogP contribution in [0, 0.1) is 0 Å². The fraction of sp³-hybridized carbons (Fsp3) is 1.00. The Morgan fingerprint density at radius 2 is 1.67 bits per heavy atom. The SMILES string of the molecule is OC[C@H]1O[C@@H]([SeH])[C@H](O)[C@@H](O)[C@H]1O. The molecule has 0 spiro atoms. The average Bonchev–Trinajstić information content (AvgIpc) is 2.08. The Bertz CT molecular complexity index is 150. The van der Waals surface area contributed by atoms with Crippen molar-refractivity contribution in [1.82, 2.24) is 0 Å². The minimum atomic E-state index is -1.26. The van der Waals surface area contributed by atoms with E-state index in [1.165, 1.54) is 0 Å². The predicted octanol–water partition coefficient (Wildman–Crippen LogP) is -3.31. The first-order chi connectivity index (χ1) is 5.57. The molecule has 4 N–H and O–H groups in total. The molecule has 0 amide bonds. The third kappa shape index (κ3) is 1.80. The van der Waals surface area contributed by atoms with Crippen molar-refractivity contribution in [2.75, 3.05) is 6.61 Å². The summed E-state index contributed by atoms with van der Waals surface area (Å²) in [5.41, 5.74) is 0. The molecule has 12 heavy (non-hydrogen) atoms. The molecule has 1 aliphatic heterocycles. The Balaban J connectivity index is 2.63. The first-order valence-electron chi connectivity index (χ1n) is 3.56. The fourth-order valence-electron chi connectivity index (χ4n) is 1.08. The summed E-state index contributed by atoms with van der Waals surface area (Å²) in [5, 5.41) is 35.7. The van der Waals surface area contributed by atoms with E-state index < -0.39 is 29.4 Å². The molecule has 6 heteroatoms. The molecule has 0 aromatic carbocycles. The van der Waals surface area contributed by atoms with E-state index in [2.05, 4.69) is 0 Å². The summed E-state index contributed by atoms with van der Waals surface area (Å²) < 4.78 is 4.99. The van der Waals surface area contributed by atoms with Crippen molar-refractivity contribution in [3.63, 3.8) is 0 Å². The van der Waals surface area contributed by atoms with Gasteiger partial charge >= 0.3 is 77.2 Å². The second-order valence-electron chi connectivity index (χ2n) is 2.72. The van der Waals surface area contributed by atoms with Gasteiger partial charge in [-0.15, -0.1) is 0 Å². The topological polar surface area (TPSA) is 90.2 Å². The summed E-state index contributed by atoms with van der Waals surface area (Å²) in [5.74, 6) is 0. The van der Waals surface area contributed by atoms with Gasteiger partial charge in [0.1, 0.15) is 0 Å². The Morgan fingerprint density at radius 1 is 1.08 bits per heavy atom. The Kier molecular flexibility index (Phi) is 3.48. The van der Waals surface area contributed by atoms with E-state index in [9.17, 15) is 15.3 Å². The van der Waals surface area contributed by atoms with Crippen LogP contribution in [0.1, 0.15) is 0 Å². The second-order valence-corrected chi connectivity index (χ2v) is 3.79. The Hall–Kier alpha value is 0.319. The van der Waals surface area contributed by atoms with E-state index in [0.29, 0.717) is 0 Å². The molecule has 0 aromatic rings. The summed E-state index contributed by atoms with van der Waals surface area (Å²) in [6, 6.07) is 0. The quantitative estimate of drug-likeness (QED) is 0.362. The van der Waals surface area contributed by atoms with Gasteiger partial charge in [0.25, 0.3) is 0 Å². The van der Waals surface area contributed by atoms with Gasteiger partial charge in [-0.1, -0.05) is 0 Å². The third-order valence-corrected chi connectivity index (χ3v) is 2.76. The predicted molar refractivity (Wildman–Crippen MR) is 40.9 cm³/mol. The first-order valence-corrected chi connectivity index (χ1v) is 4.65. The molecule has 0 unspecified atom stereocenters. The van der Waals surface area contributed by atoms with Crippen molar-refractivity contribution in [3.8, 4) is 0 Å². The maximum atomic E-state index is 9.22. The molecule has 72 valence electrons. The summed E-state index contributed by atoms with van der Waals surface area (Å²) in [4.78, 5) is 0. The third-order valence-electron chi connectivity index (χ3n) is 1.87. The van der Waals surface area contributed by atoms with Gasteiger partial charge in [0, 0.05) is 0 Å². The van der Waals surface area contributed by atoms with Crippen LogP contribution in [0.5, 0.6) is 0 Å². The van der Waals surface area contributed by atoms with Gasteiger partial charge in [-0.2, -0.15) is 0 Å². The van der Waals surface area contributed by atoms with Crippen LogP contribution in [0.2, 0.25) is 0 Å². The molecule has 0 aromatic heterocycles. The Morgan fingerprint density at radius 3 is 2.17 bits per heavy atom. The van der Waals surface area contributed by atoms with Crippen molar-refractivity contribution in [2.24, 2.45) is 0 Å². The van der Waals surface area contributed by atoms with Gasteiger partial charge in [-0.25, -0.2) is 0 Å². The van der Waals surface area contributed by atoms with Crippen LogP contribution >= 0.6 is 0 Å². The molecular formula is C6H12O5Se. The molecule has 1 aliphatic rings. The summed E-state index contributed by atoms with van der Waals surface area (Å²) in [6.07, 6.45) is -4.44. The summed E-state index contributed by atoms with van der Waals surface area (Å²) in [7, 11) is 0. The van der Waals surface area contributed by atoms with Crippen LogP contribution < -0.4 is 0 Å². The van der Waals surface area contributed by atoms with Gasteiger partial charge < -0.3 is 0 Å². The van der Waals surface area contributed by atoms with E-state index in [0.717, 1.165) is 0 Å². The molecule has 1 fully saturated rings. The molecule has 0 bridgehead atoms. The molecule has 1 rings (SSSR count). The fourth-order valence-corrected chi connectivity index (χ4v) is 1.78. The monoisotopic (exact) mass is 244 g/mol. The number of ether oxygens (including phenoxy) is 1. The molecule has 5 atom stereocenters. The van der Waals surface area contributed by atoms with Gasteiger partial charge in [0.15, 0.2) is 0 Å². The Labute approximate surface area is 77.8 Å². The van der Waals surface area contributed by atoms with Crippen LogP contribution in [-0.4, -0.2) is 72.5 Å². The van der Waals surface area contributed by atoms with Crippen molar-refractivity contribution in [1.29, 1.82) is 0 Å². The average molecular weight is 243 g/mol. The van der Waals surface area contributed by atoms with Crippen LogP contribution in [0.4, 0.5) is 0 Å². The van der Waals surface area contributed by atoms with Crippen LogP contribution in [0.25, 0.3) is 0 Å². The zero-order valence-electron chi connectivity index (χ0n) is 6.24. The normalized spacial score (nSPS) is 49.2. The van der Waals surface area contributed by atoms with Crippen molar-refractivity contribution in [2.45, 2.75) is 29.4 Å². The number of hydrogen-bond donors (Lipinski definition) is 4. The van der Waals surface area contributed by atoms with Gasteiger partial charge in [-0.05, 0) is 0 Å². The molecule has 0 saturated carbocycles. The van der Waals surface area contributed by atoms with E-state index in [4.69, 9.17) is 9.84 Å². The van der Waals surface area contributed by atoms with Crippen molar-refractivity contribution >= 4 is 16.0 Å². The van der Waals surface area contributed by atoms with E-state index in [-0.39, 0.29) is 6.61 Å². The van der Waals surface area contributed by atoms with Gasteiger partial charge in [-0.3, -0.25) is 0 Å². The van der Waals surface area contributed by atoms with Crippen molar-refractivity contribution < 1.29 is 25.2 Å². The zero-order valence-corrected chi connectivity index (χ0v) is 8.11. The van der Waals surface area contributed by atoms with E-state index in [1.54, 1.807) is 0 Å². The minimum absolute atomic E-state index is 0.376. The number of aliphatic hydroxyl groups is 4. The molecule has 0 radical (unpaired) electrons. The number of rotatable bonds is 1. The van der Waals surface area contributed by atoms with Crippen LogP contribution in [0.3, 0.4) is 0 Å². The number of hydrogen-bond acceptors (Lipinski definition) is 5. The van der Waals surface area contributed by atoms with E-state index in [1.807, 2.05) is 16.0 Å². The van der Waals surface area contributed by atoms with Crippen LogP contribution in [0.15, 0.2) is 0 Å². The second kappa shape index (κ2) is 4.02. The van der Waals surface area contributed by atoms with E-state index >= 15 is 0 Å². The first kappa shape index (κ1) is 10.4. The molecule has 1 heterocycles. The van der Waals surface area contributed by atoms with Crippen LogP contribution in [-0.2, 0) is 4.74 Å². The summed E-state index contributed by atoms with van der Waals surface area (Å²) in [6.45, 7) is -0.376.